The maximum absolute atomic E-state index is 6.19. The van der Waals surface area contributed by atoms with E-state index in [1.165, 1.54) is 0 Å². The highest BCUT2D eigenvalue weighted by atomic mass is 35.5. The maximum Gasteiger partial charge on any atom is 0.143 e. The van der Waals surface area contributed by atoms with Gasteiger partial charge in [-0.1, -0.05) is 34.8 Å². The zero-order valence-electron chi connectivity index (χ0n) is 9.79. The molecule has 0 aromatic heterocycles. The van der Waals surface area contributed by atoms with Gasteiger partial charge in [-0.15, -0.1) is 0 Å². The molecule has 0 aliphatic carbocycles. The molecule has 0 amide bonds. The molecule has 1 unspecified atom stereocenters. The zero-order valence-corrected chi connectivity index (χ0v) is 12.1. The quantitative estimate of drug-likeness (QED) is 0.782. The minimum absolute atomic E-state index is 0.167. The fourth-order valence-corrected chi connectivity index (χ4v) is 2.67. The molecule has 0 saturated heterocycles. The fraction of sp³-hybridized carbons (Fsp3) is 0.143. The number of fused-ring (bicyclic) bond motifs is 1. The fourth-order valence-electron chi connectivity index (χ4n) is 2.08. The molecular formula is C14H10Cl3NO. The third-order valence-electron chi connectivity index (χ3n) is 2.99. The van der Waals surface area contributed by atoms with Crippen molar-refractivity contribution in [3.05, 3.63) is 57.0 Å². The number of halogens is 3. The van der Waals surface area contributed by atoms with Gasteiger partial charge in [-0.05, 0) is 36.4 Å². The number of nitrogens with one attached hydrogen (secondary N) is 1. The average molecular weight is 315 g/mol. The van der Waals surface area contributed by atoms with Gasteiger partial charge in [-0.2, -0.15) is 0 Å². The van der Waals surface area contributed by atoms with Crippen molar-refractivity contribution < 1.29 is 4.74 Å². The molecule has 1 atom stereocenters. The van der Waals surface area contributed by atoms with E-state index in [0.29, 0.717) is 21.6 Å². The molecule has 1 N–H and O–H groups in total. The third-order valence-corrected chi connectivity index (χ3v) is 3.81. The van der Waals surface area contributed by atoms with Gasteiger partial charge in [0, 0.05) is 20.6 Å². The van der Waals surface area contributed by atoms with Crippen LogP contribution in [-0.2, 0) is 0 Å². The summed E-state index contributed by atoms with van der Waals surface area (Å²) in [5.74, 6) is 0.761. The van der Waals surface area contributed by atoms with Gasteiger partial charge in [0.1, 0.15) is 11.9 Å². The largest absolute Gasteiger partial charge is 0.482 e. The first-order chi connectivity index (χ1) is 9.13. The summed E-state index contributed by atoms with van der Waals surface area (Å²) in [7, 11) is 0. The lowest BCUT2D eigenvalue weighted by atomic mass is 10.1. The van der Waals surface area contributed by atoms with Crippen molar-refractivity contribution >= 4 is 40.5 Å². The van der Waals surface area contributed by atoms with E-state index in [1.807, 2.05) is 18.2 Å². The Labute approximate surface area is 126 Å². The summed E-state index contributed by atoms with van der Waals surface area (Å²) in [6.07, 6.45) is -0.167. The first kappa shape index (κ1) is 12.9. The zero-order chi connectivity index (χ0) is 13.4. The van der Waals surface area contributed by atoms with E-state index in [9.17, 15) is 0 Å². The predicted octanol–water partition coefficient (Wildman–Crippen LogP) is 5.19. The van der Waals surface area contributed by atoms with Crippen molar-refractivity contribution in [2.24, 2.45) is 0 Å². The van der Waals surface area contributed by atoms with Gasteiger partial charge in [0.25, 0.3) is 0 Å². The highest BCUT2D eigenvalue weighted by Crippen LogP contribution is 2.38. The highest BCUT2D eigenvalue weighted by Gasteiger charge is 2.23. The second kappa shape index (κ2) is 5.12. The van der Waals surface area contributed by atoms with E-state index in [2.05, 4.69) is 5.32 Å². The van der Waals surface area contributed by atoms with E-state index in [0.717, 1.165) is 17.0 Å². The van der Waals surface area contributed by atoms with Gasteiger partial charge in [0.05, 0.1) is 12.2 Å². The third kappa shape index (κ3) is 2.62. The van der Waals surface area contributed by atoms with Crippen molar-refractivity contribution in [1.82, 2.24) is 0 Å². The lowest BCUT2D eigenvalue weighted by Crippen LogP contribution is -2.23. The molecule has 98 valence electrons. The van der Waals surface area contributed by atoms with Crippen LogP contribution in [0.25, 0.3) is 0 Å². The summed E-state index contributed by atoms with van der Waals surface area (Å²) >= 11 is 18.1. The van der Waals surface area contributed by atoms with Crippen molar-refractivity contribution in [2.45, 2.75) is 6.10 Å². The van der Waals surface area contributed by atoms with Gasteiger partial charge in [-0.25, -0.2) is 0 Å². The minimum Gasteiger partial charge on any atom is -0.482 e. The summed E-state index contributed by atoms with van der Waals surface area (Å²) in [6, 6.07) is 10.8. The lowest BCUT2D eigenvalue weighted by Gasteiger charge is -2.28. The number of hydrogen-bond acceptors (Lipinski definition) is 2. The van der Waals surface area contributed by atoms with Gasteiger partial charge in [0.2, 0.25) is 0 Å². The van der Waals surface area contributed by atoms with Crippen LogP contribution >= 0.6 is 34.8 Å². The normalized spacial score (nSPS) is 17.3. The molecular weight excluding hydrogens is 305 g/mol. The van der Waals surface area contributed by atoms with Crippen LogP contribution < -0.4 is 10.1 Å². The molecule has 1 heterocycles. The van der Waals surface area contributed by atoms with E-state index < -0.39 is 0 Å². The Hall–Kier alpha value is -1.09. The van der Waals surface area contributed by atoms with Crippen LogP contribution in [0.3, 0.4) is 0 Å². The molecule has 0 spiro atoms. The molecule has 3 rings (SSSR count). The van der Waals surface area contributed by atoms with Crippen LogP contribution in [0.4, 0.5) is 5.69 Å². The Bertz CT molecular complexity index is 630. The standard InChI is InChI=1S/C14H10Cl3NO/c15-8-1-3-11(17)10(5-8)14-7-18-12-6-9(16)2-4-13(12)19-14/h1-6,14,18H,7H2. The molecule has 0 bridgehead atoms. The SMILES string of the molecule is Clc1ccc2c(c1)NCC(c1cc(Cl)ccc1Cl)O2. The molecule has 0 radical (unpaired) electrons. The predicted molar refractivity (Wildman–Crippen MR) is 79.8 cm³/mol. The first-order valence-corrected chi connectivity index (χ1v) is 6.92. The molecule has 0 fully saturated rings. The maximum atomic E-state index is 6.19. The van der Waals surface area contributed by atoms with Crippen LogP contribution in [0, 0.1) is 0 Å². The van der Waals surface area contributed by atoms with Crippen molar-refractivity contribution in [3.63, 3.8) is 0 Å². The van der Waals surface area contributed by atoms with E-state index in [1.54, 1.807) is 18.2 Å². The number of benzene rings is 2. The Kier molecular flexibility index (Phi) is 3.48. The minimum atomic E-state index is -0.167. The molecule has 1 aliphatic heterocycles. The Morgan fingerprint density at radius 1 is 1.00 bits per heavy atom. The van der Waals surface area contributed by atoms with Crippen LogP contribution in [0.1, 0.15) is 11.7 Å². The smallest absolute Gasteiger partial charge is 0.143 e. The van der Waals surface area contributed by atoms with E-state index >= 15 is 0 Å². The molecule has 2 nitrogen and oxygen atoms in total. The van der Waals surface area contributed by atoms with Crippen LogP contribution in [-0.4, -0.2) is 6.54 Å². The van der Waals surface area contributed by atoms with Crippen molar-refractivity contribution in [1.29, 1.82) is 0 Å². The van der Waals surface area contributed by atoms with Crippen LogP contribution in [0.5, 0.6) is 5.75 Å². The summed E-state index contributed by atoms with van der Waals surface area (Å²) < 4.78 is 5.94. The molecule has 5 heteroatoms. The molecule has 1 aliphatic rings. The summed E-state index contributed by atoms with van der Waals surface area (Å²) in [5, 5.41) is 5.25. The topological polar surface area (TPSA) is 21.3 Å². The monoisotopic (exact) mass is 313 g/mol. The summed E-state index contributed by atoms with van der Waals surface area (Å²) in [4.78, 5) is 0. The second-order valence-electron chi connectivity index (χ2n) is 4.29. The molecule has 2 aromatic rings. The summed E-state index contributed by atoms with van der Waals surface area (Å²) in [6.45, 7) is 0.618. The van der Waals surface area contributed by atoms with Gasteiger partial charge in [-0.3, -0.25) is 0 Å². The number of ether oxygens (including phenoxy) is 1. The van der Waals surface area contributed by atoms with Crippen molar-refractivity contribution in [2.75, 3.05) is 11.9 Å². The Balaban J connectivity index is 1.93. The van der Waals surface area contributed by atoms with Gasteiger partial charge in [0.15, 0.2) is 0 Å². The average Bonchev–Trinajstić information content (AvgIpc) is 2.41. The second-order valence-corrected chi connectivity index (χ2v) is 5.57. The molecule has 19 heavy (non-hydrogen) atoms. The molecule has 0 saturated carbocycles. The number of anilines is 1. The van der Waals surface area contributed by atoms with Gasteiger partial charge >= 0.3 is 0 Å². The van der Waals surface area contributed by atoms with Crippen molar-refractivity contribution in [3.8, 4) is 5.75 Å². The number of rotatable bonds is 1. The van der Waals surface area contributed by atoms with E-state index in [-0.39, 0.29) is 6.10 Å². The van der Waals surface area contributed by atoms with Crippen LogP contribution in [0.15, 0.2) is 36.4 Å². The Morgan fingerprint density at radius 2 is 1.74 bits per heavy atom. The van der Waals surface area contributed by atoms with E-state index in [4.69, 9.17) is 39.5 Å². The van der Waals surface area contributed by atoms with Gasteiger partial charge < -0.3 is 10.1 Å². The Morgan fingerprint density at radius 3 is 2.58 bits per heavy atom. The lowest BCUT2D eigenvalue weighted by molar-refractivity contribution is 0.210. The summed E-state index contributed by atoms with van der Waals surface area (Å²) in [5.41, 5.74) is 1.77. The first-order valence-electron chi connectivity index (χ1n) is 5.78. The van der Waals surface area contributed by atoms with Crippen LogP contribution in [0.2, 0.25) is 15.1 Å². The highest BCUT2D eigenvalue weighted by molar-refractivity contribution is 6.33. The molecule has 2 aromatic carbocycles. The number of hydrogen-bond donors (Lipinski definition) is 1.